The van der Waals surface area contributed by atoms with Crippen LogP contribution in [-0.4, -0.2) is 11.1 Å². The van der Waals surface area contributed by atoms with Gasteiger partial charge in [-0.25, -0.2) is 0 Å². The summed E-state index contributed by atoms with van der Waals surface area (Å²) in [6.07, 6.45) is 4.85. The molecule has 1 atom stereocenters. The van der Waals surface area contributed by atoms with Crippen molar-refractivity contribution >= 4 is 8.03 Å². The van der Waals surface area contributed by atoms with Crippen molar-refractivity contribution in [1.29, 1.82) is 0 Å². The van der Waals surface area contributed by atoms with Gasteiger partial charge in [0.25, 0.3) is 0 Å². The largest absolute Gasteiger partial charge is 0.505 e. The van der Waals surface area contributed by atoms with Crippen LogP contribution in [0.1, 0.15) is 13.3 Å². The van der Waals surface area contributed by atoms with E-state index in [1.165, 1.54) is 0 Å². The molecule has 46 valence electrons. The first-order chi connectivity index (χ1) is 3.77. The maximum Gasteiger partial charge on any atom is 0.505 e. The summed E-state index contributed by atoms with van der Waals surface area (Å²) >= 11 is 0. The molecular formula is C5H10O2P+. The third-order valence-electron chi connectivity index (χ3n) is 0.723. The highest BCUT2D eigenvalue weighted by Crippen LogP contribution is 2.13. The van der Waals surface area contributed by atoms with E-state index in [1.54, 1.807) is 0 Å². The van der Waals surface area contributed by atoms with Crippen molar-refractivity contribution < 1.29 is 9.46 Å². The van der Waals surface area contributed by atoms with Gasteiger partial charge < -0.3 is 0 Å². The first-order valence-electron chi connectivity index (χ1n) is 2.52. The molecule has 0 spiro atoms. The van der Waals surface area contributed by atoms with Gasteiger partial charge in [-0.2, -0.15) is 4.89 Å². The Bertz CT molecular complexity index is 98.6. The van der Waals surface area contributed by atoms with Gasteiger partial charge in [-0.3, -0.25) is 0 Å². The van der Waals surface area contributed by atoms with Gasteiger partial charge in [-0.15, -0.1) is 0 Å². The van der Waals surface area contributed by atoms with Crippen LogP contribution < -0.4 is 0 Å². The SMILES string of the molecule is CC=CCC[P+](=O)O. The number of allylic oxidation sites excluding steroid dienone is 2. The van der Waals surface area contributed by atoms with Crippen molar-refractivity contribution in [2.45, 2.75) is 13.3 Å². The molecule has 2 nitrogen and oxygen atoms in total. The number of hydrogen-bond acceptors (Lipinski definition) is 1. The molecule has 0 aromatic heterocycles. The Morgan fingerprint density at radius 3 is 2.75 bits per heavy atom. The molecule has 1 unspecified atom stereocenters. The molecule has 0 bridgehead atoms. The fraction of sp³-hybridized carbons (Fsp3) is 0.600. The van der Waals surface area contributed by atoms with Gasteiger partial charge in [0.05, 0.1) is 0 Å². The molecule has 0 fully saturated rings. The second kappa shape index (κ2) is 4.95. The van der Waals surface area contributed by atoms with Gasteiger partial charge >= 0.3 is 8.03 Å². The van der Waals surface area contributed by atoms with Crippen LogP contribution in [0, 0.1) is 0 Å². The summed E-state index contributed by atoms with van der Waals surface area (Å²) in [5.41, 5.74) is 0. The third kappa shape index (κ3) is 5.80. The van der Waals surface area contributed by atoms with Crippen LogP contribution >= 0.6 is 8.03 Å². The average molecular weight is 133 g/mol. The molecule has 3 heteroatoms. The van der Waals surface area contributed by atoms with Crippen molar-refractivity contribution in [1.82, 2.24) is 0 Å². The Labute approximate surface area is 50.1 Å². The lowest BCUT2D eigenvalue weighted by molar-refractivity contribution is 0.503. The fourth-order valence-corrected chi connectivity index (χ4v) is 0.722. The van der Waals surface area contributed by atoms with Crippen molar-refractivity contribution in [3.8, 4) is 0 Å². The van der Waals surface area contributed by atoms with Crippen LogP contribution in [0.25, 0.3) is 0 Å². The van der Waals surface area contributed by atoms with Gasteiger partial charge in [0.15, 0.2) is 6.16 Å². The van der Waals surface area contributed by atoms with Gasteiger partial charge in [0.2, 0.25) is 0 Å². The predicted molar refractivity (Wildman–Crippen MR) is 34.1 cm³/mol. The van der Waals surface area contributed by atoms with Crippen LogP contribution in [0.2, 0.25) is 0 Å². The highest BCUT2D eigenvalue weighted by atomic mass is 31.1. The minimum atomic E-state index is -1.91. The van der Waals surface area contributed by atoms with E-state index in [0.29, 0.717) is 12.6 Å². The molecule has 0 aliphatic rings. The van der Waals surface area contributed by atoms with Gasteiger partial charge in [0, 0.05) is 6.42 Å². The fourth-order valence-electron chi connectivity index (χ4n) is 0.352. The zero-order valence-corrected chi connectivity index (χ0v) is 5.77. The molecule has 0 heterocycles. The predicted octanol–water partition coefficient (Wildman–Crippen LogP) is 1.69. The molecule has 0 rings (SSSR count). The Morgan fingerprint density at radius 1 is 1.75 bits per heavy atom. The van der Waals surface area contributed by atoms with Gasteiger partial charge in [-0.05, 0) is 11.5 Å². The first-order valence-corrected chi connectivity index (χ1v) is 3.92. The van der Waals surface area contributed by atoms with E-state index in [1.807, 2.05) is 19.1 Å². The lowest BCUT2D eigenvalue weighted by Gasteiger charge is -1.73. The molecule has 0 saturated heterocycles. The summed E-state index contributed by atoms with van der Waals surface area (Å²) < 4.78 is 9.99. The average Bonchev–Trinajstić information content (AvgIpc) is 1.66. The molecular weight excluding hydrogens is 123 g/mol. The van der Waals surface area contributed by atoms with Crippen LogP contribution in [0.5, 0.6) is 0 Å². The topological polar surface area (TPSA) is 37.3 Å². The highest BCUT2D eigenvalue weighted by molar-refractivity contribution is 7.37. The zero-order chi connectivity index (χ0) is 6.41. The molecule has 8 heavy (non-hydrogen) atoms. The van der Waals surface area contributed by atoms with E-state index < -0.39 is 8.03 Å². The molecule has 0 aromatic rings. The van der Waals surface area contributed by atoms with E-state index in [0.717, 1.165) is 0 Å². The van der Waals surface area contributed by atoms with Crippen LogP contribution in [0.4, 0.5) is 0 Å². The van der Waals surface area contributed by atoms with Gasteiger partial charge in [0.1, 0.15) is 0 Å². The molecule has 1 N–H and O–H groups in total. The summed E-state index contributed by atoms with van der Waals surface area (Å²) in [6.45, 7) is 1.89. The Morgan fingerprint density at radius 2 is 2.38 bits per heavy atom. The molecule has 0 aliphatic carbocycles. The maximum absolute atomic E-state index is 9.99. The maximum atomic E-state index is 9.99. The standard InChI is InChI=1S/C5H9O2P/c1-2-3-4-5-8(6)7/h2-3H,4-5H2,1H3/p+1. The second-order valence-electron chi connectivity index (χ2n) is 1.43. The second-order valence-corrected chi connectivity index (χ2v) is 2.59. The van der Waals surface area contributed by atoms with Crippen LogP contribution in [0.3, 0.4) is 0 Å². The van der Waals surface area contributed by atoms with Crippen molar-refractivity contribution in [3.05, 3.63) is 12.2 Å². The summed E-state index contributed by atoms with van der Waals surface area (Å²) in [7, 11) is -1.91. The minimum Gasteiger partial charge on any atom is -0.161 e. The summed E-state index contributed by atoms with van der Waals surface area (Å²) in [6, 6.07) is 0. The molecule has 0 radical (unpaired) electrons. The van der Waals surface area contributed by atoms with E-state index in [9.17, 15) is 4.57 Å². The zero-order valence-electron chi connectivity index (χ0n) is 4.87. The normalized spacial score (nSPS) is 12.5. The minimum absolute atomic E-state index is 0.389. The first kappa shape index (κ1) is 7.80. The van der Waals surface area contributed by atoms with Crippen molar-refractivity contribution in [2.75, 3.05) is 6.16 Å². The molecule has 0 aromatic carbocycles. The summed E-state index contributed by atoms with van der Waals surface area (Å²) in [5, 5.41) is 0. The van der Waals surface area contributed by atoms with Crippen molar-refractivity contribution in [2.24, 2.45) is 0 Å². The van der Waals surface area contributed by atoms with E-state index in [-0.39, 0.29) is 0 Å². The Hall–Kier alpha value is -0.200. The molecule has 0 amide bonds. The van der Waals surface area contributed by atoms with Gasteiger partial charge in [-0.1, -0.05) is 12.2 Å². The van der Waals surface area contributed by atoms with E-state index in [2.05, 4.69) is 0 Å². The van der Waals surface area contributed by atoms with Crippen molar-refractivity contribution in [3.63, 3.8) is 0 Å². The molecule has 0 aliphatic heterocycles. The van der Waals surface area contributed by atoms with E-state index in [4.69, 9.17) is 4.89 Å². The lowest BCUT2D eigenvalue weighted by atomic mass is 10.4. The lowest BCUT2D eigenvalue weighted by Crippen LogP contribution is -1.70. The summed E-state index contributed by atoms with van der Waals surface area (Å²) in [4.78, 5) is 8.25. The third-order valence-corrected chi connectivity index (χ3v) is 1.36. The quantitative estimate of drug-likeness (QED) is 0.469. The molecule has 0 saturated carbocycles. The highest BCUT2D eigenvalue weighted by Gasteiger charge is 2.05. The number of hydrogen-bond donors (Lipinski definition) is 1. The smallest absolute Gasteiger partial charge is 0.161 e. The van der Waals surface area contributed by atoms with Crippen LogP contribution in [-0.2, 0) is 4.57 Å². The Kier molecular flexibility index (Phi) is 4.82. The van der Waals surface area contributed by atoms with Crippen LogP contribution in [0.15, 0.2) is 12.2 Å². The number of rotatable bonds is 3. The monoisotopic (exact) mass is 133 g/mol. The van der Waals surface area contributed by atoms with E-state index >= 15 is 0 Å². The summed E-state index contributed by atoms with van der Waals surface area (Å²) in [5.74, 6) is 0. The Balaban J connectivity index is 3.05.